The van der Waals surface area contributed by atoms with E-state index in [1.807, 2.05) is 0 Å². The molecule has 1 atom stereocenters. The summed E-state index contributed by atoms with van der Waals surface area (Å²) in [7, 11) is 0. The summed E-state index contributed by atoms with van der Waals surface area (Å²) in [5, 5.41) is 9.03. The quantitative estimate of drug-likeness (QED) is 0.654. The lowest BCUT2D eigenvalue weighted by atomic mass is 9.87. The van der Waals surface area contributed by atoms with E-state index in [1.54, 1.807) is 0 Å². The predicted octanol–water partition coefficient (Wildman–Crippen LogP) is 2.08. The number of allylic oxidation sites excluding steroid dienone is 3. The molecule has 0 aromatic heterocycles. The van der Waals surface area contributed by atoms with Gasteiger partial charge in [0, 0.05) is 12.0 Å². The molecule has 0 amide bonds. The third kappa shape index (κ3) is 1.55. The van der Waals surface area contributed by atoms with Crippen LogP contribution in [0.4, 0.5) is 4.39 Å². The van der Waals surface area contributed by atoms with E-state index < -0.39 is 5.67 Å². The van der Waals surface area contributed by atoms with Crippen molar-refractivity contribution < 1.29 is 14.3 Å². The Morgan fingerprint density at radius 3 is 2.75 bits per heavy atom. The summed E-state index contributed by atoms with van der Waals surface area (Å²) in [5.41, 5.74) is -1.58. The first kappa shape index (κ1) is 8.97. The highest BCUT2D eigenvalue weighted by Gasteiger charge is 2.32. The van der Waals surface area contributed by atoms with Crippen LogP contribution >= 0.6 is 0 Å². The van der Waals surface area contributed by atoms with Crippen molar-refractivity contribution in [3.8, 4) is 0 Å². The maximum absolute atomic E-state index is 13.5. The number of halogens is 1. The van der Waals surface area contributed by atoms with Gasteiger partial charge in [-0.1, -0.05) is 0 Å². The molecular weight excluding hydrogens is 159 g/mol. The summed E-state index contributed by atoms with van der Waals surface area (Å²) >= 11 is 0. The molecule has 1 unspecified atom stereocenters. The lowest BCUT2D eigenvalue weighted by molar-refractivity contribution is -0.114. The molecule has 2 nitrogen and oxygen atoms in total. The number of aliphatic hydroxyl groups excluding tert-OH is 1. The number of carbonyl (C=O) groups excluding carboxylic acids is 1. The number of aliphatic hydroxyl groups is 1. The largest absolute Gasteiger partial charge is 0.508 e. The second kappa shape index (κ2) is 2.73. The molecule has 66 valence electrons. The Balaban J connectivity index is 3.05. The molecule has 0 fully saturated rings. The van der Waals surface area contributed by atoms with Crippen LogP contribution in [0.5, 0.6) is 0 Å². The molecule has 0 saturated carbocycles. The van der Waals surface area contributed by atoms with Crippen LogP contribution in [0.3, 0.4) is 0 Å². The van der Waals surface area contributed by atoms with E-state index in [9.17, 15) is 9.18 Å². The van der Waals surface area contributed by atoms with Crippen LogP contribution in [-0.2, 0) is 4.79 Å². The molecule has 12 heavy (non-hydrogen) atoms. The molecule has 1 aliphatic rings. The maximum Gasteiger partial charge on any atom is 0.159 e. The Hall–Kier alpha value is -1.12. The van der Waals surface area contributed by atoms with Gasteiger partial charge in [0.15, 0.2) is 5.78 Å². The Bertz CT molecular complexity index is 274. The normalized spacial score (nSPS) is 29.2. The summed E-state index contributed by atoms with van der Waals surface area (Å²) in [6, 6.07) is 0. The van der Waals surface area contributed by atoms with Gasteiger partial charge in [0.05, 0.1) is 0 Å². The number of hydrogen-bond acceptors (Lipinski definition) is 2. The third-order valence-corrected chi connectivity index (χ3v) is 1.93. The smallest absolute Gasteiger partial charge is 0.159 e. The lowest BCUT2D eigenvalue weighted by Gasteiger charge is -2.23. The molecule has 0 spiro atoms. The molecule has 0 aromatic rings. The summed E-state index contributed by atoms with van der Waals surface area (Å²) in [5.74, 6) is -0.366. The summed E-state index contributed by atoms with van der Waals surface area (Å²) < 4.78 is 13.5. The molecule has 3 heteroatoms. The molecule has 0 bridgehead atoms. The summed E-state index contributed by atoms with van der Waals surface area (Å²) in [6.45, 7) is 2.63. The minimum atomic E-state index is -1.63. The Kier molecular flexibility index (Phi) is 2.04. The number of alkyl halides is 1. The van der Waals surface area contributed by atoms with Crippen LogP contribution in [0, 0.1) is 0 Å². The van der Waals surface area contributed by atoms with Gasteiger partial charge in [-0.2, -0.15) is 0 Å². The van der Waals surface area contributed by atoms with Gasteiger partial charge in [0.2, 0.25) is 0 Å². The fourth-order valence-corrected chi connectivity index (χ4v) is 1.23. The molecule has 0 aromatic carbocycles. The van der Waals surface area contributed by atoms with Crippen molar-refractivity contribution in [1.82, 2.24) is 0 Å². The zero-order chi connectivity index (χ0) is 9.35. The fraction of sp³-hybridized carbons (Fsp3) is 0.444. The maximum atomic E-state index is 13.5. The van der Waals surface area contributed by atoms with Crippen LogP contribution in [0.2, 0.25) is 0 Å². The average Bonchev–Trinajstić information content (AvgIpc) is 1.94. The molecule has 1 N–H and O–H groups in total. The Morgan fingerprint density at radius 2 is 2.33 bits per heavy atom. The fourth-order valence-electron chi connectivity index (χ4n) is 1.23. The Morgan fingerprint density at radius 1 is 1.75 bits per heavy atom. The highest BCUT2D eigenvalue weighted by atomic mass is 19.1. The molecule has 0 radical (unpaired) electrons. The molecule has 0 saturated heterocycles. The topological polar surface area (TPSA) is 37.3 Å². The van der Waals surface area contributed by atoms with Crippen LogP contribution in [0.25, 0.3) is 0 Å². The van der Waals surface area contributed by atoms with E-state index in [1.165, 1.54) is 26.0 Å². The van der Waals surface area contributed by atoms with Gasteiger partial charge < -0.3 is 5.11 Å². The van der Waals surface area contributed by atoms with E-state index in [0.717, 1.165) is 0 Å². The van der Waals surface area contributed by atoms with Crippen LogP contribution < -0.4 is 0 Å². The monoisotopic (exact) mass is 170 g/mol. The number of carbonyl (C=O) groups is 1. The van der Waals surface area contributed by atoms with E-state index in [0.29, 0.717) is 0 Å². The first-order valence-electron chi connectivity index (χ1n) is 3.74. The lowest BCUT2D eigenvalue weighted by Crippen LogP contribution is -2.27. The average molecular weight is 170 g/mol. The first-order chi connectivity index (χ1) is 5.43. The zero-order valence-electron chi connectivity index (χ0n) is 7.10. The highest BCUT2D eigenvalue weighted by Crippen LogP contribution is 2.31. The molecule has 0 heterocycles. The highest BCUT2D eigenvalue weighted by molar-refractivity contribution is 5.96. The van der Waals surface area contributed by atoms with Gasteiger partial charge in [0.1, 0.15) is 11.4 Å². The zero-order valence-corrected chi connectivity index (χ0v) is 7.10. The Labute approximate surface area is 70.4 Å². The van der Waals surface area contributed by atoms with Crippen molar-refractivity contribution >= 4 is 5.78 Å². The molecule has 1 rings (SSSR count). The van der Waals surface area contributed by atoms with Gasteiger partial charge >= 0.3 is 0 Å². The molecular formula is C9H11FO2. The van der Waals surface area contributed by atoms with Crippen molar-refractivity contribution in [2.75, 3.05) is 0 Å². The van der Waals surface area contributed by atoms with Crippen molar-refractivity contribution in [2.45, 2.75) is 25.9 Å². The number of Topliss-reactive ketones (excluding diaryl/α,β-unsaturated/α-hetero) is 1. The SMILES string of the molecule is CC(=O)C1=CC(O)=CCC1(C)F. The van der Waals surface area contributed by atoms with Crippen LogP contribution in [-0.4, -0.2) is 16.6 Å². The third-order valence-electron chi connectivity index (χ3n) is 1.93. The molecule has 1 aliphatic carbocycles. The van der Waals surface area contributed by atoms with E-state index in [4.69, 9.17) is 5.11 Å². The minimum absolute atomic E-state index is 0.0321. The number of rotatable bonds is 1. The van der Waals surface area contributed by atoms with Gasteiger partial charge in [-0.25, -0.2) is 4.39 Å². The van der Waals surface area contributed by atoms with Crippen molar-refractivity contribution in [1.29, 1.82) is 0 Å². The van der Waals surface area contributed by atoms with Gasteiger partial charge in [-0.05, 0) is 26.0 Å². The van der Waals surface area contributed by atoms with Crippen LogP contribution in [0.1, 0.15) is 20.3 Å². The van der Waals surface area contributed by atoms with Crippen molar-refractivity contribution in [3.05, 3.63) is 23.5 Å². The summed E-state index contributed by atoms with van der Waals surface area (Å²) in [4.78, 5) is 10.9. The first-order valence-corrected chi connectivity index (χ1v) is 3.74. The number of hydrogen-bond donors (Lipinski definition) is 1. The van der Waals surface area contributed by atoms with Gasteiger partial charge in [-0.3, -0.25) is 4.79 Å². The predicted molar refractivity (Wildman–Crippen MR) is 43.6 cm³/mol. The van der Waals surface area contributed by atoms with Gasteiger partial charge in [0.25, 0.3) is 0 Å². The van der Waals surface area contributed by atoms with E-state index >= 15 is 0 Å². The number of ketones is 1. The second-order valence-corrected chi connectivity index (χ2v) is 3.14. The van der Waals surface area contributed by atoms with Crippen molar-refractivity contribution in [3.63, 3.8) is 0 Å². The van der Waals surface area contributed by atoms with E-state index in [-0.39, 0.29) is 23.5 Å². The molecule has 0 aliphatic heterocycles. The summed E-state index contributed by atoms with van der Waals surface area (Å²) in [6.07, 6.45) is 2.61. The van der Waals surface area contributed by atoms with Gasteiger partial charge in [-0.15, -0.1) is 0 Å². The minimum Gasteiger partial charge on any atom is -0.508 e. The van der Waals surface area contributed by atoms with Crippen molar-refractivity contribution in [2.24, 2.45) is 0 Å². The van der Waals surface area contributed by atoms with E-state index in [2.05, 4.69) is 0 Å². The standard InChI is InChI=1S/C9H11FO2/c1-6(11)8-5-7(12)3-4-9(8,2)10/h3,5,12H,4H2,1-2H3. The second-order valence-electron chi connectivity index (χ2n) is 3.14. The van der Waals surface area contributed by atoms with Crippen LogP contribution in [0.15, 0.2) is 23.5 Å².